The average Bonchev–Trinajstić information content (AvgIpc) is 3.15. The number of fused-ring (bicyclic) bond motifs is 1. The number of anilines is 1. The third kappa shape index (κ3) is 4.77. The van der Waals surface area contributed by atoms with E-state index in [9.17, 15) is 9.59 Å². The van der Waals surface area contributed by atoms with Crippen LogP contribution in [0.4, 0.5) is 5.13 Å². The first-order chi connectivity index (χ1) is 14.2. The molecule has 0 aliphatic rings. The number of carbonyl (C=O) groups is 2. The Hall–Kier alpha value is -3.71. The van der Waals surface area contributed by atoms with E-state index in [-0.39, 0.29) is 0 Å². The Kier molecular flexibility index (Phi) is 5.49. The number of nitrogens with one attached hydrogen (secondary N) is 1. The van der Waals surface area contributed by atoms with Crippen molar-refractivity contribution >= 4 is 38.6 Å². The molecule has 0 atom stereocenters. The van der Waals surface area contributed by atoms with Gasteiger partial charge < -0.3 is 9.47 Å². The highest BCUT2D eigenvalue weighted by Crippen LogP contribution is 2.25. The van der Waals surface area contributed by atoms with Crippen LogP contribution in [0.5, 0.6) is 11.5 Å². The van der Waals surface area contributed by atoms with Crippen LogP contribution in [-0.2, 0) is 9.53 Å². The minimum absolute atomic E-state index is 0.332. The van der Waals surface area contributed by atoms with Crippen LogP contribution in [0.1, 0.15) is 10.4 Å². The Bertz CT molecular complexity index is 1110. The smallest absolute Gasteiger partial charge is 0.338 e. The van der Waals surface area contributed by atoms with Crippen molar-refractivity contribution in [3.8, 4) is 11.5 Å². The lowest BCUT2D eigenvalue weighted by Gasteiger charge is -2.07. The summed E-state index contributed by atoms with van der Waals surface area (Å²) in [6.07, 6.45) is 0. The minimum atomic E-state index is -0.587. The van der Waals surface area contributed by atoms with Gasteiger partial charge in [-0.05, 0) is 48.5 Å². The summed E-state index contributed by atoms with van der Waals surface area (Å²) in [4.78, 5) is 28.5. The van der Waals surface area contributed by atoms with Crippen molar-refractivity contribution in [1.82, 2.24) is 4.98 Å². The Labute approximate surface area is 170 Å². The lowest BCUT2D eigenvalue weighted by molar-refractivity contribution is -0.119. The first kappa shape index (κ1) is 18.6. The fourth-order valence-corrected chi connectivity index (χ4v) is 3.46. The zero-order chi connectivity index (χ0) is 20.1. The van der Waals surface area contributed by atoms with Crippen LogP contribution in [0.25, 0.3) is 10.2 Å². The molecular formula is C22H16N2O4S. The molecule has 1 heterocycles. The fourth-order valence-electron chi connectivity index (χ4n) is 2.58. The van der Waals surface area contributed by atoms with E-state index in [0.29, 0.717) is 22.2 Å². The minimum Gasteiger partial charge on any atom is -0.457 e. The molecule has 0 aliphatic carbocycles. The molecule has 0 fully saturated rings. The van der Waals surface area contributed by atoms with Crippen molar-refractivity contribution in [2.75, 3.05) is 11.9 Å². The molecule has 7 heteroatoms. The number of ether oxygens (including phenoxy) is 2. The molecule has 1 N–H and O–H groups in total. The maximum Gasteiger partial charge on any atom is 0.338 e. The standard InChI is InChI=1S/C22H16N2O4S/c25-20(24-22-23-18-8-4-5-9-19(18)29-22)14-27-21(26)15-10-12-17(13-11-15)28-16-6-2-1-3-7-16/h1-13H,14H2,(H,23,24,25). The number of hydrogen-bond acceptors (Lipinski definition) is 6. The molecule has 4 aromatic rings. The number of nitrogens with zero attached hydrogens (tertiary/aromatic N) is 1. The number of aromatic nitrogens is 1. The van der Waals surface area contributed by atoms with E-state index in [2.05, 4.69) is 10.3 Å². The summed E-state index contributed by atoms with van der Waals surface area (Å²) < 4.78 is 11.7. The van der Waals surface area contributed by atoms with Crippen molar-refractivity contribution in [3.63, 3.8) is 0 Å². The van der Waals surface area contributed by atoms with Gasteiger partial charge in [-0.25, -0.2) is 9.78 Å². The zero-order valence-electron chi connectivity index (χ0n) is 15.2. The van der Waals surface area contributed by atoms with Gasteiger partial charge >= 0.3 is 5.97 Å². The van der Waals surface area contributed by atoms with Crippen LogP contribution >= 0.6 is 11.3 Å². The number of hydrogen-bond donors (Lipinski definition) is 1. The third-order valence-electron chi connectivity index (χ3n) is 3.94. The van der Waals surface area contributed by atoms with Crippen LogP contribution in [0, 0.1) is 0 Å². The molecule has 1 aromatic heterocycles. The van der Waals surface area contributed by atoms with Crippen LogP contribution < -0.4 is 10.1 Å². The number of para-hydroxylation sites is 2. The summed E-state index contributed by atoms with van der Waals surface area (Å²) in [5, 5.41) is 3.11. The molecule has 6 nitrogen and oxygen atoms in total. The van der Waals surface area contributed by atoms with Crippen molar-refractivity contribution in [2.45, 2.75) is 0 Å². The predicted octanol–water partition coefficient (Wildman–Crippen LogP) is 4.88. The summed E-state index contributed by atoms with van der Waals surface area (Å²) in [6, 6.07) is 23.4. The van der Waals surface area contributed by atoms with E-state index in [4.69, 9.17) is 9.47 Å². The van der Waals surface area contributed by atoms with Crippen molar-refractivity contribution in [3.05, 3.63) is 84.4 Å². The SMILES string of the molecule is O=C(COC(=O)c1ccc(Oc2ccccc2)cc1)Nc1nc2ccccc2s1. The molecule has 0 bridgehead atoms. The van der Waals surface area contributed by atoms with Crippen LogP contribution in [0.15, 0.2) is 78.9 Å². The van der Waals surface area contributed by atoms with Gasteiger partial charge in [0.25, 0.3) is 5.91 Å². The van der Waals surface area contributed by atoms with Crippen LogP contribution in [0.3, 0.4) is 0 Å². The topological polar surface area (TPSA) is 77.5 Å². The second kappa shape index (κ2) is 8.53. The van der Waals surface area contributed by atoms with Crippen LogP contribution in [-0.4, -0.2) is 23.5 Å². The van der Waals surface area contributed by atoms with Crippen LogP contribution in [0.2, 0.25) is 0 Å². The molecule has 4 rings (SSSR count). The highest BCUT2D eigenvalue weighted by molar-refractivity contribution is 7.22. The van der Waals surface area contributed by atoms with E-state index >= 15 is 0 Å². The van der Waals surface area contributed by atoms with Gasteiger partial charge in [-0.1, -0.05) is 41.7 Å². The van der Waals surface area contributed by atoms with Crippen molar-refractivity contribution in [1.29, 1.82) is 0 Å². The normalized spacial score (nSPS) is 10.5. The lowest BCUT2D eigenvalue weighted by atomic mass is 10.2. The zero-order valence-corrected chi connectivity index (χ0v) is 16.0. The molecule has 0 saturated carbocycles. The third-order valence-corrected chi connectivity index (χ3v) is 4.90. The maximum absolute atomic E-state index is 12.2. The Morgan fingerprint density at radius 3 is 2.31 bits per heavy atom. The van der Waals surface area contributed by atoms with E-state index < -0.39 is 18.5 Å². The maximum atomic E-state index is 12.2. The Balaban J connectivity index is 1.30. The van der Waals surface area contributed by atoms with Gasteiger partial charge in [0.2, 0.25) is 0 Å². The molecule has 3 aromatic carbocycles. The molecule has 0 saturated heterocycles. The fraction of sp³-hybridized carbons (Fsp3) is 0.0455. The van der Waals surface area contributed by atoms with E-state index in [1.54, 1.807) is 24.3 Å². The molecule has 0 aliphatic heterocycles. The average molecular weight is 404 g/mol. The monoisotopic (exact) mass is 404 g/mol. The summed E-state index contributed by atoms with van der Waals surface area (Å²) in [5.41, 5.74) is 1.14. The molecule has 0 unspecified atom stereocenters. The summed E-state index contributed by atoms with van der Waals surface area (Å²) >= 11 is 1.36. The van der Waals surface area contributed by atoms with Crippen molar-refractivity contribution < 1.29 is 19.1 Å². The van der Waals surface area contributed by atoms with Gasteiger partial charge in [0.05, 0.1) is 15.8 Å². The number of carbonyl (C=O) groups excluding carboxylic acids is 2. The first-order valence-electron chi connectivity index (χ1n) is 8.83. The highest BCUT2D eigenvalue weighted by atomic mass is 32.1. The van der Waals surface area contributed by atoms with E-state index in [1.165, 1.54) is 11.3 Å². The number of amides is 1. The Morgan fingerprint density at radius 1 is 0.862 bits per heavy atom. The first-order valence-corrected chi connectivity index (χ1v) is 9.64. The molecule has 0 spiro atoms. The predicted molar refractivity (Wildman–Crippen MR) is 111 cm³/mol. The molecule has 29 heavy (non-hydrogen) atoms. The van der Waals surface area contributed by atoms with Gasteiger partial charge in [-0.2, -0.15) is 0 Å². The Morgan fingerprint density at radius 2 is 1.55 bits per heavy atom. The van der Waals surface area contributed by atoms with E-state index in [0.717, 1.165) is 10.2 Å². The van der Waals surface area contributed by atoms with Gasteiger partial charge in [-0.3, -0.25) is 10.1 Å². The highest BCUT2D eigenvalue weighted by Gasteiger charge is 2.12. The van der Waals surface area contributed by atoms with Gasteiger partial charge in [0.1, 0.15) is 11.5 Å². The summed E-state index contributed by atoms with van der Waals surface area (Å²) in [6.45, 7) is -0.392. The lowest BCUT2D eigenvalue weighted by Crippen LogP contribution is -2.20. The second-order valence-electron chi connectivity index (χ2n) is 6.05. The largest absolute Gasteiger partial charge is 0.457 e. The number of esters is 1. The summed E-state index contributed by atoms with van der Waals surface area (Å²) in [7, 11) is 0. The summed E-state index contributed by atoms with van der Waals surface area (Å²) in [5.74, 6) is 0.271. The quantitative estimate of drug-likeness (QED) is 0.463. The van der Waals surface area contributed by atoms with Crippen molar-refractivity contribution in [2.24, 2.45) is 0 Å². The van der Waals surface area contributed by atoms with E-state index in [1.807, 2.05) is 54.6 Å². The van der Waals surface area contributed by atoms with Gasteiger partial charge in [0, 0.05) is 0 Å². The second-order valence-corrected chi connectivity index (χ2v) is 7.08. The number of benzene rings is 3. The number of thiazole rings is 1. The number of rotatable bonds is 6. The molecule has 144 valence electrons. The van der Waals surface area contributed by atoms with Gasteiger partial charge in [0.15, 0.2) is 11.7 Å². The molecular weight excluding hydrogens is 388 g/mol. The molecule has 0 radical (unpaired) electrons. The molecule has 1 amide bonds. The van der Waals surface area contributed by atoms with Gasteiger partial charge in [-0.15, -0.1) is 0 Å².